The van der Waals surface area contributed by atoms with Crippen LogP contribution in [0.25, 0.3) is 0 Å². The Morgan fingerprint density at radius 3 is 2.41 bits per heavy atom. The third kappa shape index (κ3) is 4.14. The van der Waals surface area contributed by atoms with E-state index in [-0.39, 0.29) is 11.9 Å². The Kier molecular flexibility index (Phi) is 6.08. The van der Waals surface area contributed by atoms with Crippen molar-refractivity contribution in [2.75, 3.05) is 5.75 Å². The predicted octanol–water partition coefficient (Wildman–Crippen LogP) is 4.99. The van der Waals surface area contributed by atoms with Gasteiger partial charge < -0.3 is 5.32 Å². The smallest absolute Gasteiger partial charge is 0.252 e. The van der Waals surface area contributed by atoms with Crippen LogP contribution in [0.1, 0.15) is 47.8 Å². The van der Waals surface area contributed by atoms with Gasteiger partial charge in [-0.3, -0.25) is 4.79 Å². The number of hydrogen-bond acceptors (Lipinski definition) is 2. The van der Waals surface area contributed by atoms with Crippen LogP contribution in [-0.4, -0.2) is 11.7 Å². The second-order valence-corrected chi connectivity index (χ2v) is 6.58. The van der Waals surface area contributed by atoms with Crippen molar-refractivity contribution in [3.8, 4) is 0 Å². The fourth-order valence-electron chi connectivity index (χ4n) is 2.39. The van der Waals surface area contributed by atoms with Crippen molar-refractivity contribution in [3.63, 3.8) is 0 Å². The lowest BCUT2D eigenvalue weighted by atomic mass is 10.0. The Labute approximate surface area is 137 Å². The Balaban J connectivity index is 2.17. The number of thioether (sulfide) groups is 1. The van der Waals surface area contributed by atoms with Gasteiger partial charge in [-0.2, -0.15) is 0 Å². The summed E-state index contributed by atoms with van der Waals surface area (Å²) in [6.07, 6.45) is 0.873. The lowest BCUT2D eigenvalue weighted by Crippen LogP contribution is -2.28. The molecule has 0 bridgehead atoms. The highest BCUT2D eigenvalue weighted by Gasteiger charge is 2.16. The summed E-state index contributed by atoms with van der Waals surface area (Å²) in [6, 6.07) is 16.2. The standard InChI is InChI=1S/C19H23NOS/c1-4-17(15-12-10-14(3)11-13-15)20-19(21)16-8-6-7-9-18(16)22-5-2/h6-13,17H,4-5H2,1-3H3,(H,20,21). The van der Waals surface area contributed by atoms with Crippen LogP contribution in [-0.2, 0) is 0 Å². The molecule has 2 nitrogen and oxygen atoms in total. The first kappa shape index (κ1) is 16.6. The average Bonchev–Trinajstić information content (AvgIpc) is 2.54. The van der Waals surface area contributed by atoms with Crippen molar-refractivity contribution >= 4 is 17.7 Å². The van der Waals surface area contributed by atoms with Gasteiger partial charge in [-0.1, -0.05) is 55.8 Å². The Hall–Kier alpha value is -1.74. The van der Waals surface area contributed by atoms with Crippen molar-refractivity contribution in [1.82, 2.24) is 5.32 Å². The first-order valence-electron chi connectivity index (χ1n) is 7.75. The molecule has 0 aliphatic heterocycles. The van der Waals surface area contributed by atoms with Crippen LogP contribution in [0.2, 0.25) is 0 Å². The zero-order valence-corrected chi connectivity index (χ0v) is 14.2. The van der Waals surface area contributed by atoms with E-state index in [1.165, 1.54) is 5.56 Å². The van der Waals surface area contributed by atoms with Crippen LogP contribution in [0, 0.1) is 6.92 Å². The van der Waals surface area contributed by atoms with Gasteiger partial charge >= 0.3 is 0 Å². The van der Waals surface area contributed by atoms with E-state index in [0.717, 1.165) is 28.2 Å². The highest BCUT2D eigenvalue weighted by Crippen LogP contribution is 2.24. The van der Waals surface area contributed by atoms with Gasteiger partial charge in [0.1, 0.15) is 0 Å². The summed E-state index contributed by atoms with van der Waals surface area (Å²) in [5.41, 5.74) is 3.15. The SMILES string of the molecule is CCSc1ccccc1C(=O)NC(CC)c1ccc(C)cc1. The minimum Gasteiger partial charge on any atom is -0.345 e. The number of amides is 1. The molecule has 0 saturated carbocycles. The molecule has 0 saturated heterocycles. The topological polar surface area (TPSA) is 29.1 Å². The number of hydrogen-bond donors (Lipinski definition) is 1. The van der Waals surface area contributed by atoms with E-state index in [1.807, 2.05) is 24.3 Å². The molecule has 0 spiro atoms. The largest absolute Gasteiger partial charge is 0.345 e. The minimum absolute atomic E-state index is 0.00368. The van der Waals surface area contributed by atoms with Gasteiger partial charge in [0.25, 0.3) is 5.91 Å². The number of benzene rings is 2. The second kappa shape index (κ2) is 8.04. The Morgan fingerprint density at radius 2 is 1.77 bits per heavy atom. The molecule has 0 aliphatic rings. The van der Waals surface area contributed by atoms with Gasteiger partial charge in [0, 0.05) is 4.90 Å². The van der Waals surface area contributed by atoms with Gasteiger partial charge in [0.15, 0.2) is 0 Å². The quantitative estimate of drug-likeness (QED) is 0.761. The van der Waals surface area contributed by atoms with E-state index in [9.17, 15) is 4.79 Å². The normalized spacial score (nSPS) is 12.0. The van der Waals surface area contributed by atoms with E-state index < -0.39 is 0 Å². The highest BCUT2D eigenvalue weighted by atomic mass is 32.2. The Bertz CT molecular complexity index is 622. The molecule has 2 aromatic carbocycles. The maximum Gasteiger partial charge on any atom is 0.252 e. The second-order valence-electron chi connectivity index (χ2n) is 5.27. The number of carbonyl (C=O) groups excluding carboxylic acids is 1. The van der Waals surface area contributed by atoms with E-state index in [0.29, 0.717) is 0 Å². The summed E-state index contributed by atoms with van der Waals surface area (Å²) >= 11 is 1.70. The summed E-state index contributed by atoms with van der Waals surface area (Å²) in [5, 5.41) is 3.17. The number of nitrogens with one attached hydrogen (secondary N) is 1. The lowest BCUT2D eigenvalue weighted by molar-refractivity contribution is 0.0932. The van der Waals surface area contributed by atoms with Crippen LogP contribution in [0.5, 0.6) is 0 Å². The van der Waals surface area contributed by atoms with Gasteiger partial charge in [0.05, 0.1) is 11.6 Å². The first-order valence-corrected chi connectivity index (χ1v) is 8.73. The minimum atomic E-state index is 0.00368. The number of rotatable bonds is 6. The molecule has 3 heteroatoms. The predicted molar refractivity (Wildman–Crippen MR) is 94.5 cm³/mol. The summed E-state index contributed by atoms with van der Waals surface area (Å²) in [4.78, 5) is 13.7. The monoisotopic (exact) mass is 313 g/mol. The van der Waals surface area contributed by atoms with Crippen molar-refractivity contribution in [2.45, 2.75) is 38.1 Å². The molecular formula is C19H23NOS. The van der Waals surface area contributed by atoms with E-state index >= 15 is 0 Å². The molecule has 1 N–H and O–H groups in total. The molecule has 1 unspecified atom stereocenters. The van der Waals surface area contributed by atoms with E-state index in [4.69, 9.17) is 0 Å². The molecular weight excluding hydrogens is 290 g/mol. The van der Waals surface area contributed by atoms with Crippen LogP contribution in [0.3, 0.4) is 0 Å². The molecule has 0 fully saturated rings. The molecule has 22 heavy (non-hydrogen) atoms. The van der Waals surface area contributed by atoms with Crippen LogP contribution in [0.4, 0.5) is 0 Å². The Morgan fingerprint density at radius 1 is 1.09 bits per heavy atom. The van der Waals surface area contributed by atoms with Gasteiger partial charge in [-0.15, -0.1) is 11.8 Å². The van der Waals surface area contributed by atoms with Crippen molar-refractivity contribution in [1.29, 1.82) is 0 Å². The molecule has 0 heterocycles. The fraction of sp³-hybridized carbons (Fsp3) is 0.316. The third-order valence-corrected chi connectivity index (χ3v) is 4.58. The molecule has 1 atom stereocenters. The van der Waals surface area contributed by atoms with Gasteiger partial charge in [0.2, 0.25) is 0 Å². The first-order chi connectivity index (χ1) is 10.7. The molecule has 2 rings (SSSR count). The number of aryl methyl sites for hydroxylation is 1. The summed E-state index contributed by atoms with van der Waals surface area (Å²) in [5.74, 6) is 0.961. The van der Waals surface area contributed by atoms with Gasteiger partial charge in [-0.05, 0) is 36.8 Å². The van der Waals surface area contributed by atoms with Gasteiger partial charge in [-0.25, -0.2) is 0 Å². The molecule has 116 valence electrons. The van der Waals surface area contributed by atoms with Crippen LogP contribution < -0.4 is 5.32 Å². The molecule has 0 aromatic heterocycles. The average molecular weight is 313 g/mol. The maximum absolute atomic E-state index is 12.6. The highest BCUT2D eigenvalue weighted by molar-refractivity contribution is 7.99. The van der Waals surface area contributed by atoms with E-state index in [2.05, 4.69) is 50.4 Å². The fourth-order valence-corrected chi connectivity index (χ4v) is 3.19. The molecule has 0 aliphatic carbocycles. The van der Waals surface area contributed by atoms with E-state index in [1.54, 1.807) is 11.8 Å². The summed E-state index contributed by atoms with van der Waals surface area (Å²) < 4.78 is 0. The molecule has 1 amide bonds. The third-order valence-electron chi connectivity index (χ3n) is 3.62. The summed E-state index contributed by atoms with van der Waals surface area (Å²) in [6.45, 7) is 6.26. The zero-order valence-electron chi connectivity index (χ0n) is 13.4. The molecule has 2 aromatic rings. The van der Waals surface area contributed by atoms with Crippen LogP contribution in [0.15, 0.2) is 53.4 Å². The lowest BCUT2D eigenvalue weighted by Gasteiger charge is -2.18. The van der Waals surface area contributed by atoms with Crippen molar-refractivity contribution in [2.24, 2.45) is 0 Å². The molecule has 0 radical (unpaired) electrons. The maximum atomic E-state index is 12.6. The zero-order chi connectivity index (χ0) is 15.9. The number of carbonyl (C=O) groups is 1. The van der Waals surface area contributed by atoms with Crippen LogP contribution >= 0.6 is 11.8 Å². The van der Waals surface area contributed by atoms with Crippen molar-refractivity contribution in [3.05, 3.63) is 65.2 Å². The summed E-state index contributed by atoms with van der Waals surface area (Å²) in [7, 11) is 0. The van der Waals surface area contributed by atoms with Crippen molar-refractivity contribution < 1.29 is 4.79 Å².